The highest BCUT2D eigenvalue weighted by molar-refractivity contribution is 7.47. The summed E-state index contributed by atoms with van der Waals surface area (Å²) < 4.78 is 33.6. The number of unbranched alkanes of at least 4 members (excludes halogenated alkanes) is 13. The summed E-state index contributed by atoms with van der Waals surface area (Å²) in [6.07, 6.45) is 23.8. The lowest BCUT2D eigenvalue weighted by Gasteiger charge is -2.24. The van der Waals surface area contributed by atoms with Gasteiger partial charge in [0.15, 0.2) is 0 Å². The number of hydrogen-bond acceptors (Lipinski definition) is 5. The minimum Gasteiger partial charge on any atom is -0.379 e. The highest BCUT2D eigenvalue weighted by Gasteiger charge is 2.24. The maximum Gasteiger partial charge on any atom is 0.472 e. The Labute approximate surface area is 223 Å². The van der Waals surface area contributed by atoms with Gasteiger partial charge in [-0.15, -0.1) is 0 Å². The number of phosphoric ester groups is 1. The third-order valence-electron chi connectivity index (χ3n) is 6.13. The average Bonchev–Trinajstić information content (AvgIpc) is 2.81. The standard InChI is InChI=1S/C28H58NO6P/c1-6-7-8-9-10-11-12-13-14-15-16-17-18-19-20-21-22-24-33-26-28(32-5)27-35-36(30,31)34-25-23-29(2,3)4/h17-18,28H,6-16,19-27H2,1-5H3/p+1/b18-17-/t28-/m1/s1. The molecule has 0 aromatic rings. The molecule has 7 nitrogen and oxygen atoms in total. The van der Waals surface area contributed by atoms with E-state index < -0.39 is 13.9 Å². The number of quaternary nitrogens is 1. The Hall–Kier alpha value is -0.270. The molecule has 0 aliphatic rings. The van der Waals surface area contributed by atoms with E-state index in [1.807, 2.05) is 21.1 Å². The second kappa shape index (κ2) is 23.8. The van der Waals surface area contributed by atoms with E-state index in [0.29, 0.717) is 24.2 Å². The lowest BCUT2D eigenvalue weighted by molar-refractivity contribution is -0.870. The second-order valence-electron chi connectivity index (χ2n) is 10.8. The predicted octanol–water partition coefficient (Wildman–Crippen LogP) is 7.29. The van der Waals surface area contributed by atoms with Crippen LogP contribution < -0.4 is 0 Å². The fourth-order valence-corrected chi connectivity index (χ4v) is 4.41. The molecule has 1 N–H and O–H groups in total. The molecule has 0 aromatic carbocycles. The van der Waals surface area contributed by atoms with Crippen molar-refractivity contribution in [2.75, 3.05) is 61.2 Å². The smallest absolute Gasteiger partial charge is 0.379 e. The molecule has 0 bridgehead atoms. The van der Waals surface area contributed by atoms with E-state index in [0.717, 1.165) is 19.3 Å². The van der Waals surface area contributed by atoms with Gasteiger partial charge in [-0.05, 0) is 32.1 Å². The van der Waals surface area contributed by atoms with Gasteiger partial charge >= 0.3 is 7.82 Å². The van der Waals surface area contributed by atoms with E-state index in [1.165, 1.54) is 77.0 Å². The number of ether oxygens (including phenoxy) is 2. The fraction of sp³-hybridized carbons (Fsp3) is 0.929. The van der Waals surface area contributed by atoms with Crippen LogP contribution in [0.2, 0.25) is 0 Å². The minimum atomic E-state index is -4.08. The van der Waals surface area contributed by atoms with Crippen molar-refractivity contribution in [1.82, 2.24) is 0 Å². The van der Waals surface area contributed by atoms with Crippen LogP contribution in [-0.4, -0.2) is 76.7 Å². The topological polar surface area (TPSA) is 74.2 Å². The van der Waals surface area contributed by atoms with E-state index in [2.05, 4.69) is 19.1 Å². The minimum absolute atomic E-state index is 0.0432. The Bertz CT molecular complexity index is 553. The van der Waals surface area contributed by atoms with Crippen LogP contribution in [0, 0.1) is 0 Å². The van der Waals surface area contributed by atoms with Gasteiger partial charge in [-0.2, -0.15) is 0 Å². The van der Waals surface area contributed by atoms with Crippen molar-refractivity contribution in [2.45, 2.75) is 109 Å². The third-order valence-corrected chi connectivity index (χ3v) is 7.11. The van der Waals surface area contributed by atoms with E-state index >= 15 is 0 Å². The van der Waals surface area contributed by atoms with Crippen molar-refractivity contribution in [1.29, 1.82) is 0 Å². The zero-order valence-corrected chi connectivity index (χ0v) is 25.2. The van der Waals surface area contributed by atoms with Gasteiger partial charge in [0.05, 0.1) is 34.4 Å². The lowest BCUT2D eigenvalue weighted by Crippen LogP contribution is -2.37. The molecule has 1 unspecified atom stereocenters. The Morgan fingerprint density at radius 1 is 0.750 bits per heavy atom. The summed E-state index contributed by atoms with van der Waals surface area (Å²) in [4.78, 5) is 9.79. The Kier molecular flexibility index (Phi) is 23.6. The number of allylic oxidation sites excluding steroid dienone is 2. The number of methoxy groups -OCH3 is 1. The molecule has 8 heteroatoms. The molecular formula is C28H59NO6P+. The van der Waals surface area contributed by atoms with E-state index in [1.54, 1.807) is 7.11 Å². The van der Waals surface area contributed by atoms with Crippen molar-refractivity contribution >= 4 is 7.82 Å². The molecule has 0 aromatic heterocycles. The molecular weight excluding hydrogens is 477 g/mol. The summed E-state index contributed by atoms with van der Waals surface area (Å²) in [5.41, 5.74) is 0. The van der Waals surface area contributed by atoms with Crippen LogP contribution in [0.15, 0.2) is 12.2 Å². The molecule has 0 rings (SSSR count). The summed E-state index contributed by atoms with van der Waals surface area (Å²) in [7, 11) is 3.43. The van der Waals surface area contributed by atoms with Crippen LogP contribution in [0.5, 0.6) is 0 Å². The van der Waals surface area contributed by atoms with E-state index in [-0.39, 0.29) is 13.2 Å². The summed E-state index contributed by atoms with van der Waals surface area (Å²) in [5, 5.41) is 0. The monoisotopic (exact) mass is 536 g/mol. The van der Waals surface area contributed by atoms with Gasteiger partial charge in [0.1, 0.15) is 19.3 Å². The molecule has 36 heavy (non-hydrogen) atoms. The van der Waals surface area contributed by atoms with Crippen molar-refractivity contribution < 1.29 is 32.5 Å². The lowest BCUT2D eigenvalue weighted by atomic mass is 10.1. The average molecular weight is 537 g/mol. The first-order chi connectivity index (χ1) is 17.2. The van der Waals surface area contributed by atoms with Gasteiger partial charge in [-0.1, -0.05) is 83.3 Å². The Morgan fingerprint density at radius 3 is 1.81 bits per heavy atom. The fourth-order valence-electron chi connectivity index (χ4n) is 3.67. The van der Waals surface area contributed by atoms with Crippen LogP contribution in [0.1, 0.15) is 103 Å². The second-order valence-corrected chi connectivity index (χ2v) is 12.3. The Balaban J connectivity index is 3.55. The predicted molar refractivity (Wildman–Crippen MR) is 150 cm³/mol. The molecule has 0 saturated heterocycles. The van der Waals surface area contributed by atoms with Crippen molar-refractivity contribution in [3.8, 4) is 0 Å². The summed E-state index contributed by atoms with van der Waals surface area (Å²) in [6.45, 7) is 3.97. The number of rotatable bonds is 27. The van der Waals surface area contributed by atoms with Gasteiger partial charge in [0, 0.05) is 13.7 Å². The normalized spacial score (nSPS) is 14.9. The number of phosphoric acid groups is 1. The van der Waals surface area contributed by atoms with Crippen LogP contribution in [0.4, 0.5) is 0 Å². The quantitative estimate of drug-likeness (QED) is 0.0514. The Morgan fingerprint density at radius 2 is 1.28 bits per heavy atom. The van der Waals surface area contributed by atoms with Crippen LogP contribution in [0.25, 0.3) is 0 Å². The third kappa shape index (κ3) is 26.8. The van der Waals surface area contributed by atoms with Gasteiger partial charge in [0.2, 0.25) is 0 Å². The number of hydrogen-bond donors (Lipinski definition) is 1. The molecule has 216 valence electrons. The number of nitrogens with zero attached hydrogens (tertiary/aromatic N) is 1. The molecule has 0 aliphatic heterocycles. The molecule has 2 atom stereocenters. The van der Waals surface area contributed by atoms with Gasteiger partial charge < -0.3 is 18.9 Å². The molecule has 0 heterocycles. The van der Waals surface area contributed by atoms with Crippen molar-refractivity contribution in [3.05, 3.63) is 12.2 Å². The van der Waals surface area contributed by atoms with Gasteiger partial charge in [-0.25, -0.2) is 4.57 Å². The summed E-state index contributed by atoms with van der Waals surface area (Å²) in [6, 6.07) is 0. The molecule has 0 saturated carbocycles. The van der Waals surface area contributed by atoms with Crippen molar-refractivity contribution in [3.63, 3.8) is 0 Å². The van der Waals surface area contributed by atoms with E-state index in [9.17, 15) is 9.46 Å². The largest absolute Gasteiger partial charge is 0.472 e. The first-order valence-electron chi connectivity index (χ1n) is 14.4. The molecule has 0 amide bonds. The zero-order chi connectivity index (χ0) is 27.0. The van der Waals surface area contributed by atoms with E-state index in [4.69, 9.17) is 18.5 Å². The number of likely N-dealkylation sites (N-methyl/N-ethyl adjacent to an activating group) is 1. The molecule has 0 spiro atoms. The zero-order valence-electron chi connectivity index (χ0n) is 24.3. The highest BCUT2D eigenvalue weighted by Crippen LogP contribution is 2.43. The first-order valence-corrected chi connectivity index (χ1v) is 15.9. The summed E-state index contributed by atoms with van der Waals surface area (Å²) in [5.74, 6) is 0. The van der Waals surface area contributed by atoms with Crippen LogP contribution in [-0.2, 0) is 23.1 Å². The van der Waals surface area contributed by atoms with Crippen LogP contribution >= 0.6 is 7.82 Å². The maximum absolute atomic E-state index is 12.0. The van der Waals surface area contributed by atoms with Crippen LogP contribution in [0.3, 0.4) is 0 Å². The van der Waals surface area contributed by atoms with Crippen molar-refractivity contribution in [2.24, 2.45) is 0 Å². The van der Waals surface area contributed by atoms with Gasteiger partial charge in [-0.3, -0.25) is 9.05 Å². The molecule has 0 aliphatic carbocycles. The van der Waals surface area contributed by atoms with Gasteiger partial charge in [0.25, 0.3) is 0 Å². The first kappa shape index (κ1) is 35.7. The maximum atomic E-state index is 12.0. The SMILES string of the molecule is CCCCCCCCCCCC/C=C\CCCCCOC[C@H](COP(=O)(O)OCC[N+](C)(C)C)OC. The molecule has 0 radical (unpaired) electrons. The highest BCUT2D eigenvalue weighted by atomic mass is 31.2. The summed E-state index contributed by atoms with van der Waals surface area (Å²) >= 11 is 0. The molecule has 0 fully saturated rings.